The van der Waals surface area contributed by atoms with Crippen molar-refractivity contribution in [1.29, 1.82) is 0 Å². The van der Waals surface area contributed by atoms with Gasteiger partial charge < -0.3 is 10.5 Å². The predicted molar refractivity (Wildman–Crippen MR) is 81.2 cm³/mol. The van der Waals surface area contributed by atoms with Gasteiger partial charge in [-0.2, -0.15) is 0 Å². The molecule has 0 saturated heterocycles. The van der Waals surface area contributed by atoms with Gasteiger partial charge in [0.25, 0.3) is 5.91 Å². The van der Waals surface area contributed by atoms with Crippen molar-refractivity contribution < 1.29 is 19.1 Å². The first-order valence-electron chi connectivity index (χ1n) is 6.04. The number of halogens is 1. The fourth-order valence-corrected chi connectivity index (χ4v) is 2.04. The number of hydrogen-bond acceptors (Lipinski definition) is 4. The van der Waals surface area contributed by atoms with Gasteiger partial charge in [0, 0.05) is 10.5 Å². The second-order valence-corrected chi connectivity index (χ2v) is 5.15. The van der Waals surface area contributed by atoms with E-state index >= 15 is 0 Å². The minimum absolute atomic E-state index is 0.699. The highest BCUT2D eigenvalue weighted by atomic mass is 79.9. The number of amides is 3. The lowest BCUT2D eigenvalue weighted by molar-refractivity contribution is -0.149. The standard InChI is InChI=1S/C14H15BrN2O4/c1-8-3-4-10(11(15)7-8)5-6-12(18)21-9(2)13(19)17-14(16)20/h3-7,9H,1-2H3,(H3,16,17,19,20)/b6-5+/t9-/m1/s1. The number of nitrogens with two attached hydrogens (primary N) is 1. The van der Waals surface area contributed by atoms with Crippen LogP contribution < -0.4 is 11.1 Å². The van der Waals surface area contributed by atoms with E-state index < -0.39 is 24.0 Å². The highest BCUT2D eigenvalue weighted by Crippen LogP contribution is 2.19. The first kappa shape index (κ1) is 16.9. The van der Waals surface area contributed by atoms with E-state index in [2.05, 4.69) is 15.9 Å². The summed E-state index contributed by atoms with van der Waals surface area (Å²) in [7, 11) is 0. The van der Waals surface area contributed by atoms with Crippen molar-refractivity contribution in [2.75, 3.05) is 0 Å². The molecule has 3 amide bonds. The topological polar surface area (TPSA) is 98.5 Å². The zero-order chi connectivity index (χ0) is 16.0. The second kappa shape index (κ2) is 7.58. The van der Waals surface area contributed by atoms with Gasteiger partial charge in [-0.25, -0.2) is 9.59 Å². The normalized spacial score (nSPS) is 12.0. The summed E-state index contributed by atoms with van der Waals surface area (Å²) in [5.41, 5.74) is 6.67. The van der Waals surface area contributed by atoms with Crippen LogP contribution in [0.3, 0.4) is 0 Å². The van der Waals surface area contributed by atoms with Crippen LogP contribution in [0.15, 0.2) is 28.7 Å². The number of esters is 1. The number of ether oxygens (including phenoxy) is 1. The van der Waals surface area contributed by atoms with Crippen LogP contribution in [0, 0.1) is 6.92 Å². The summed E-state index contributed by atoms with van der Waals surface area (Å²) in [6, 6.07) is 4.65. The van der Waals surface area contributed by atoms with Crippen LogP contribution >= 0.6 is 15.9 Å². The fraction of sp³-hybridized carbons (Fsp3) is 0.214. The number of urea groups is 1. The van der Waals surface area contributed by atoms with Crippen molar-refractivity contribution in [1.82, 2.24) is 5.32 Å². The molecule has 21 heavy (non-hydrogen) atoms. The summed E-state index contributed by atoms with van der Waals surface area (Å²) in [4.78, 5) is 33.4. The van der Waals surface area contributed by atoms with E-state index in [9.17, 15) is 14.4 Å². The van der Waals surface area contributed by atoms with E-state index in [1.807, 2.05) is 30.4 Å². The van der Waals surface area contributed by atoms with Crippen LogP contribution in [0.25, 0.3) is 6.08 Å². The molecule has 1 rings (SSSR count). The lowest BCUT2D eigenvalue weighted by Gasteiger charge is -2.10. The monoisotopic (exact) mass is 354 g/mol. The first-order chi connectivity index (χ1) is 9.79. The van der Waals surface area contributed by atoms with Gasteiger partial charge in [0.2, 0.25) is 0 Å². The van der Waals surface area contributed by atoms with Crippen LogP contribution in [-0.4, -0.2) is 24.0 Å². The Kier molecular flexibility index (Phi) is 6.10. The molecule has 0 saturated carbocycles. The number of nitrogens with one attached hydrogen (secondary N) is 1. The summed E-state index contributed by atoms with van der Waals surface area (Å²) < 4.78 is 5.68. The Labute approximate surface area is 130 Å². The van der Waals surface area contributed by atoms with Crippen molar-refractivity contribution in [3.63, 3.8) is 0 Å². The molecule has 1 aromatic carbocycles. The van der Waals surface area contributed by atoms with E-state index in [1.54, 1.807) is 6.08 Å². The van der Waals surface area contributed by atoms with Crippen LogP contribution in [0.4, 0.5) is 4.79 Å². The number of aryl methyl sites for hydroxylation is 1. The molecule has 3 N–H and O–H groups in total. The number of primary amides is 1. The molecular formula is C14H15BrN2O4. The van der Waals surface area contributed by atoms with E-state index in [0.29, 0.717) is 0 Å². The maximum Gasteiger partial charge on any atom is 0.331 e. The Bertz CT molecular complexity index is 599. The number of carbonyl (C=O) groups excluding carboxylic acids is 3. The number of carbonyl (C=O) groups is 3. The van der Waals surface area contributed by atoms with Gasteiger partial charge >= 0.3 is 12.0 Å². The lowest BCUT2D eigenvalue weighted by atomic mass is 10.1. The van der Waals surface area contributed by atoms with E-state index in [0.717, 1.165) is 15.6 Å². The Morgan fingerprint density at radius 1 is 1.38 bits per heavy atom. The molecule has 1 atom stereocenters. The molecule has 0 spiro atoms. The summed E-state index contributed by atoms with van der Waals surface area (Å²) in [6.07, 6.45) is 1.64. The van der Waals surface area contributed by atoms with Gasteiger partial charge in [-0.05, 0) is 37.1 Å². The molecule has 6 nitrogen and oxygen atoms in total. The van der Waals surface area contributed by atoms with Crippen molar-refractivity contribution in [2.24, 2.45) is 5.73 Å². The zero-order valence-corrected chi connectivity index (χ0v) is 13.1. The fourth-order valence-electron chi connectivity index (χ4n) is 1.42. The van der Waals surface area contributed by atoms with Gasteiger partial charge in [-0.15, -0.1) is 0 Å². The molecule has 0 aliphatic heterocycles. The summed E-state index contributed by atoms with van der Waals surface area (Å²) >= 11 is 3.38. The quantitative estimate of drug-likeness (QED) is 0.637. The lowest BCUT2D eigenvalue weighted by Crippen LogP contribution is -2.42. The Hall–Kier alpha value is -2.15. The molecule has 0 aliphatic carbocycles. The predicted octanol–water partition coefficient (Wildman–Crippen LogP) is 1.90. The third-order valence-electron chi connectivity index (χ3n) is 2.46. The maximum atomic E-state index is 11.6. The molecule has 0 aliphatic rings. The van der Waals surface area contributed by atoms with Crippen LogP contribution in [0.2, 0.25) is 0 Å². The number of rotatable bonds is 4. The van der Waals surface area contributed by atoms with E-state index in [-0.39, 0.29) is 0 Å². The van der Waals surface area contributed by atoms with Crippen molar-refractivity contribution >= 4 is 39.9 Å². The highest BCUT2D eigenvalue weighted by Gasteiger charge is 2.17. The molecule has 0 bridgehead atoms. The first-order valence-corrected chi connectivity index (χ1v) is 6.84. The molecule has 1 aromatic rings. The second-order valence-electron chi connectivity index (χ2n) is 4.29. The van der Waals surface area contributed by atoms with Crippen LogP contribution in [0.1, 0.15) is 18.1 Å². The Balaban J connectivity index is 2.62. The molecule has 112 valence electrons. The van der Waals surface area contributed by atoms with Crippen molar-refractivity contribution in [3.05, 3.63) is 39.9 Å². The van der Waals surface area contributed by atoms with E-state index in [1.165, 1.54) is 13.0 Å². The van der Waals surface area contributed by atoms with Gasteiger partial charge in [0.05, 0.1) is 0 Å². The Morgan fingerprint density at radius 2 is 2.05 bits per heavy atom. The van der Waals surface area contributed by atoms with Crippen LogP contribution in [-0.2, 0) is 14.3 Å². The van der Waals surface area contributed by atoms with Gasteiger partial charge in [-0.1, -0.05) is 28.1 Å². The minimum atomic E-state index is -1.11. The molecule has 0 aromatic heterocycles. The largest absolute Gasteiger partial charge is 0.449 e. The molecule has 0 heterocycles. The van der Waals surface area contributed by atoms with Crippen molar-refractivity contribution in [3.8, 4) is 0 Å². The molecule has 0 unspecified atom stereocenters. The average Bonchev–Trinajstić information content (AvgIpc) is 2.36. The maximum absolute atomic E-state index is 11.6. The van der Waals surface area contributed by atoms with Crippen molar-refractivity contribution in [2.45, 2.75) is 20.0 Å². The summed E-state index contributed by atoms with van der Waals surface area (Å²) in [6.45, 7) is 3.29. The minimum Gasteiger partial charge on any atom is -0.449 e. The third kappa shape index (κ3) is 5.78. The van der Waals surface area contributed by atoms with Crippen LogP contribution in [0.5, 0.6) is 0 Å². The zero-order valence-electron chi connectivity index (χ0n) is 11.6. The van der Waals surface area contributed by atoms with E-state index in [4.69, 9.17) is 10.5 Å². The number of imide groups is 1. The molecule has 7 heteroatoms. The SMILES string of the molecule is Cc1ccc(/C=C/C(=O)O[C@H](C)C(=O)NC(N)=O)c(Br)c1. The summed E-state index contributed by atoms with van der Waals surface area (Å²) in [5, 5.41) is 1.83. The molecular weight excluding hydrogens is 340 g/mol. The van der Waals surface area contributed by atoms with Gasteiger partial charge in [-0.3, -0.25) is 10.1 Å². The van der Waals surface area contributed by atoms with Gasteiger partial charge in [0.15, 0.2) is 6.10 Å². The highest BCUT2D eigenvalue weighted by molar-refractivity contribution is 9.10. The molecule has 0 radical (unpaired) electrons. The van der Waals surface area contributed by atoms with Gasteiger partial charge in [0.1, 0.15) is 0 Å². The summed E-state index contributed by atoms with van der Waals surface area (Å²) in [5.74, 6) is -1.48. The molecule has 0 fully saturated rings. The Morgan fingerprint density at radius 3 is 2.62 bits per heavy atom. The average molecular weight is 355 g/mol. The third-order valence-corrected chi connectivity index (χ3v) is 3.15. The number of benzene rings is 1. The smallest absolute Gasteiger partial charge is 0.331 e. The number of hydrogen-bond donors (Lipinski definition) is 2.